The van der Waals surface area contributed by atoms with Gasteiger partial charge in [-0.25, -0.2) is 4.98 Å². The van der Waals surface area contributed by atoms with Crippen molar-refractivity contribution in [1.82, 2.24) is 9.97 Å². The van der Waals surface area contributed by atoms with Gasteiger partial charge in [0, 0.05) is 26.6 Å². The van der Waals surface area contributed by atoms with E-state index in [0.717, 1.165) is 17.9 Å². The van der Waals surface area contributed by atoms with Crippen LogP contribution < -0.4 is 5.32 Å². The molecule has 0 aliphatic carbocycles. The van der Waals surface area contributed by atoms with Gasteiger partial charge < -0.3 is 10.1 Å². The monoisotopic (exact) mass is 181 g/mol. The Morgan fingerprint density at radius 2 is 2.15 bits per heavy atom. The molecule has 72 valence electrons. The van der Waals surface area contributed by atoms with Crippen LogP contribution in [0, 0.1) is 0 Å². The molecule has 0 fully saturated rings. The van der Waals surface area contributed by atoms with E-state index in [0.29, 0.717) is 0 Å². The second-order valence-corrected chi connectivity index (χ2v) is 2.67. The molecule has 0 bridgehead atoms. The SMILES string of the molecule is CCC(OC)c1nccnc1NC. The van der Waals surface area contributed by atoms with E-state index in [4.69, 9.17) is 4.74 Å². The molecule has 1 rings (SSSR count). The highest BCUT2D eigenvalue weighted by atomic mass is 16.5. The summed E-state index contributed by atoms with van der Waals surface area (Å²) in [6, 6.07) is 0. The second-order valence-electron chi connectivity index (χ2n) is 2.67. The smallest absolute Gasteiger partial charge is 0.150 e. The highest BCUT2D eigenvalue weighted by molar-refractivity contribution is 5.39. The molecule has 0 saturated heterocycles. The molecular formula is C9H15N3O. The average molecular weight is 181 g/mol. The van der Waals surface area contributed by atoms with Crippen molar-refractivity contribution >= 4 is 5.82 Å². The van der Waals surface area contributed by atoms with Gasteiger partial charge in [-0.15, -0.1) is 0 Å². The molecule has 1 heterocycles. The molecule has 0 aliphatic rings. The molecule has 1 aromatic rings. The summed E-state index contributed by atoms with van der Waals surface area (Å²) >= 11 is 0. The summed E-state index contributed by atoms with van der Waals surface area (Å²) in [6.45, 7) is 2.06. The van der Waals surface area contributed by atoms with Crippen LogP contribution in [0.15, 0.2) is 12.4 Å². The summed E-state index contributed by atoms with van der Waals surface area (Å²) in [5.41, 5.74) is 0.870. The molecule has 13 heavy (non-hydrogen) atoms. The first kappa shape index (κ1) is 9.92. The Kier molecular flexibility index (Phi) is 3.64. The Hall–Kier alpha value is -1.16. The van der Waals surface area contributed by atoms with Crippen LogP contribution in [0.25, 0.3) is 0 Å². The topological polar surface area (TPSA) is 47.0 Å². The van der Waals surface area contributed by atoms with Crippen molar-refractivity contribution in [2.75, 3.05) is 19.5 Å². The zero-order chi connectivity index (χ0) is 9.68. The Bertz CT molecular complexity index is 261. The van der Waals surface area contributed by atoms with E-state index in [-0.39, 0.29) is 6.10 Å². The maximum Gasteiger partial charge on any atom is 0.150 e. The summed E-state index contributed by atoms with van der Waals surface area (Å²) in [4.78, 5) is 8.40. The maximum atomic E-state index is 5.29. The van der Waals surface area contributed by atoms with Gasteiger partial charge >= 0.3 is 0 Å². The molecule has 4 nitrogen and oxygen atoms in total. The Morgan fingerprint density at radius 3 is 2.69 bits per heavy atom. The molecule has 0 aromatic carbocycles. The van der Waals surface area contributed by atoms with Crippen LogP contribution in [-0.2, 0) is 4.74 Å². The summed E-state index contributed by atoms with van der Waals surface area (Å²) in [5.74, 6) is 0.788. The second kappa shape index (κ2) is 4.77. The van der Waals surface area contributed by atoms with Crippen LogP contribution in [0.2, 0.25) is 0 Å². The minimum Gasteiger partial charge on any atom is -0.375 e. The molecule has 0 aliphatic heterocycles. The maximum absolute atomic E-state index is 5.29. The lowest BCUT2D eigenvalue weighted by Gasteiger charge is -2.14. The Balaban J connectivity index is 2.96. The quantitative estimate of drug-likeness (QED) is 0.766. The summed E-state index contributed by atoms with van der Waals surface area (Å²) in [7, 11) is 3.51. The highest BCUT2D eigenvalue weighted by Crippen LogP contribution is 2.22. The van der Waals surface area contributed by atoms with Crippen molar-refractivity contribution in [3.63, 3.8) is 0 Å². The zero-order valence-corrected chi connectivity index (χ0v) is 8.24. The molecule has 0 amide bonds. The van der Waals surface area contributed by atoms with Crippen molar-refractivity contribution in [3.8, 4) is 0 Å². The number of nitrogens with zero attached hydrogens (tertiary/aromatic N) is 2. The molecule has 0 spiro atoms. The third-order valence-corrected chi connectivity index (χ3v) is 1.92. The van der Waals surface area contributed by atoms with Gasteiger partial charge in [0.1, 0.15) is 17.6 Å². The minimum atomic E-state index is 0.0242. The molecule has 1 unspecified atom stereocenters. The molecular weight excluding hydrogens is 166 g/mol. The lowest BCUT2D eigenvalue weighted by Crippen LogP contribution is -2.07. The van der Waals surface area contributed by atoms with E-state index in [1.807, 2.05) is 7.05 Å². The largest absolute Gasteiger partial charge is 0.375 e. The van der Waals surface area contributed by atoms with Gasteiger partial charge in [0.25, 0.3) is 0 Å². The van der Waals surface area contributed by atoms with Gasteiger partial charge in [-0.2, -0.15) is 0 Å². The summed E-state index contributed by atoms with van der Waals surface area (Å²) in [5, 5.41) is 2.99. The van der Waals surface area contributed by atoms with Crippen LogP contribution in [0.3, 0.4) is 0 Å². The Morgan fingerprint density at radius 1 is 1.46 bits per heavy atom. The van der Waals surface area contributed by atoms with E-state index in [1.54, 1.807) is 19.5 Å². The fourth-order valence-corrected chi connectivity index (χ4v) is 1.25. The standard InChI is InChI=1S/C9H15N3O/c1-4-7(13-3)8-9(10-2)12-6-5-11-8/h5-7H,4H2,1-3H3,(H,10,12). The molecule has 0 radical (unpaired) electrons. The van der Waals surface area contributed by atoms with Crippen molar-refractivity contribution in [2.24, 2.45) is 0 Å². The fourth-order valence-electron chi connectivity index (χ4n) is 1.25. The van der Waals surface area contributed by atoms with Crippen LogP contribution in [0.1, 0.15) is 25.1 Å². The zero-order valence-electron chi connectivity index (χ0n) is 8.24. The number of rotatable bonds is 4. The van der Waals surface area contributed by atoms with Gasteiger partial charge in [-0.3, -0.25) is 4.98 Å². The minimum absolute atomic E-state index is 0.0242. The van der Waals surface area contributed by atoms with Crippen molar-refractivity contribution < 1.29 is 4.74 Å². The molecule has 4 heteroatoms. The van der Waals surface area contributed by atoms with Crippen molar-refractivity contribution in [3.05, 3.63) is 18.1 Å². The molecule has 1 atom stereocenters. The lowest BCUT2D eigenvalue weighted by atomic mass is 10.2. The number of hydrogen-bond donors (Lipinski definition) is 1. The van der Waals surface area contributed by atoms with Crippen LogP contribution in [0.5, 0.6) is 0 Å². The number of hydrogen-bond acceptors (Lipinski definition) is 4. The lowest BCUT2D eigenvalue weighted by molar-refractivity contribution is 0.0968. The number of ether oxygens (including phenoxy) is 1. The summed E-state index contributed by atoms with van der Waals surface area (Å²) in [6.07, 6.45) is 4.26. The van der Waals surface area contributed by atoms with Gasteiger partial charge in [-0.1, -0.05) is 6.92 Å². The predicted octanol–water partition coefficient (Wildman–Crippen LogP) is 1.62. The first-order valence-electron chi connectivity index (χ1n) is 4.34. The van der Waals surface area contributed by atoms with E-state index in [2.05, 4.69) is 22.2 Å². The van der Waals surface area contributed by atoms with Gasteiger partial charge in [0.15, 0.2) is 0 Å². The highest BCUT2D eigenvalue weighted by Gasteiger charge is 2.13. The third kappa shape index (κ3) is 2.15. The number of methoxy groups -OCH3 is 1. The van der Waals surface area contributed by atoms with Gasteiger partial charge in [0.2, 0.25) is 0 Å². The van der Waals surface area contributed by atoms with E-state index in [1.165, 1.54) is 0 Å². The van der Waals surface area contributed by atoms with Crippen molar-refractivity contribution in [1.29, 1.82) is 0 Å². The first-order chi connectivity index (χ1) is 6.33. The number of aromatic nitrogens is 2. The normalized spacial score (nSPS) is 12.5. The number of anilines is 1. The predicted molar refractivity (Wildman–Crippen MR) is 51.6 cm³/mol. The number of nitrogens with one attached hydrogen (secondary N) is 1. The molecule has 1 N–H and O–H groups in total. The molecule has 1 aromatic heterocycles. The Labute approximate surface area is 78.4 Å². The van der Waals surface area contributed by atoms with E-state index >= 15 is 0 Å². The first-order valence-corrected chi connectivity index (χ1v) is 4.34. The third-order valence-electron chi connectivity index (χ3n) is 1.92. The summed E-state index contributed by atoms with van der Waals surface area (Å²) < 4.78 is 5.29. The molecule has 0 saturated carbocycles. The van der Waals surface area contributed by atoms with E-state index in [9.17, 15) is 0 Å². The van der Waals surface area contributed by atoms with Crippen molar-refractivity contribution in [2.45, 2.75) is 19.4 Å². The van der Waals surface area contributed by atoms with Crippen LogP contribution >= 0.6 is 0 Å². The van der Waals surface area contributed by atoms with Gasteiger partial charge in [0.05, 0.1) is 0 Å². The van der Waals surface area contributed by atoms with Gasteiger partial charge in [-0.05, 0) is 6.42 Å². The van der Waals surface area contributed by atoms with Crippen LogP contribution in [-0.4, -0.2) is 24.1 Å². The van der Waals surface area contributed by atoms with E-state index < -0.39 is 0 Å². The van der Waals surface area contributed by atoms with Crippen LogP contribution in [0.4, 0.5) is 5.82 Å². The average Bonchev–Trinajstić information content (AvgIpc) is 2.20. The fraction of sp³-hybridized carbons (Fsp3) is 0.556.